The monoisotopic (exact) mass is 397 g/mol. The lowest BCUT2D eigenvalue weighted by Crippen LogP contribution is -2.23. The Bertz CT molecular complexity index is 905. The summed E-state index contributed by atoms with van der Waals surface area (Å²) in [6.07, 6.45) is 3.68. The molecule has 3 aromatic rings. The fraction of sp³-hybridized carbons (Fsp3) is 0.238. The molecule has 0 aliphatic carbocycles. The van der Waals surface area contributed by atoms with Crippen LogP contribution in [-0.2, 0) is 11.3 Å². The van der Waals surface area contributed by atoms with E-state index in [1.807, 2.05) is 35.9 Å². The van der Waals surface area contributed by atoms with Gasteiger partial charge in [0.1, 0.15) is 11.5 Å². The van der Waals surface area contributed by atoms with E-state index in [1.54, 1.807) is 38.6 Å². The topological polar surface area (TPSA) is 65.4 Å². The minimum atomic E-state index is -0.325. The molecule has 3 rings (SSSR count). The van der Waals surface area contributed by atoms with Gasteiger partial charge in [0.15, 0.2) is 5.16 Å². The number of amides is 1. The van der Waals surface area contributed by atoms with E-state index < -0.39 is 0 Å². The molecular formula is C21H23N3O3S. The Morgan fingerprint density at radius 3 is 2.46 bits per heavy atom. The van der Waals surface area contributed by atoms with Crippen molar-refractivity contribution >= 4 is 23.4 Å². The average molecular weight is 398 g/mol. The molecule has 1 N–H and O–H groups in total. The quantitative estimate of drug-likeness (QED) is 0.581. The predicted molar refractivity (Wildman–Crippen MR) is 111 cm³/mol. The van der Waals surface area contributed by atoms with Gasteiger partial charge in [-0.3, -0.25) is 4.79 Å². The zero-order valence-corrected chi connectivity index (χ0v) is 16.9. The highest BCUT2D eigenvalue weighted by Gasteiger charge is 2.18. The van der Waals surface area contributed by atoms with Gasteiger partial charge >= 0.3 is 0 Å². The highest BCUT2D eigenvalue weighted by Crippen LogP contribution is 2.28. The van der Waals surface area contributed by atoms with Crippen molar-refractivity contribution in [3.05, 3.63) is 66.5 Å². The molecule has 1 aromatic heterocycles. The zero-order valence-electron chi connectivity index (χ0n) is 16.1. The molecule has 7 heteroatoms. The number of methoxy groups -OCH3 is 2. The van der Waals surface area contributed by atoms with Crippen LogP contribution in [0.3, 0.4) is 0 Å². The fourth-order valence-corrected chi connectivity index (χ4v) is 3.51. The number of imidazole rings is 1. The van der Waals surface area contributed by atoms with Crippen LogP contribution >= 0.6 is 11.8 Å². The van der Waals surface area contributed by atoms with Crippen molar-refractivity contribution in [1.82, 2.24) is 9.55 Å². The Balaban J connectivity index is 1.66. The van der Waals surface area contributed by atoms with Crippen molar-refractivity contribution in [3.8, 4) is 11.5 Å². The molecule has 28 heavy (non-hydrogen) atoms. The maximum Gasteiger partial charge on any atom is 0.237 e. The maximum atomic E-state index is 12.7. The molecule has 0 aliphatic rings. The summed E-state index contributed by atoms with van der Waals surface area (Å²) < 4.78 is 12.5. The van der Waals surface area contributed by atoms with Crippen LogP contribution in [0, 0.1) is 0 Å². The van der Waals surface area contributed by atoms with Gasteiger partial charge < -0.3 is 19.4 Å². The standard InChI is InChI=1S/C21H23N3O3S/c1-15(20(25)23-17-11-18(26-2)13-19(12-17)27-3)28-21-22-9-10-24(21)14-16-7-5-4-6-8-16/h4-13,15H,14H2,1-3H3,(H,23,25). The van der Waals surface area contributed by atoms with Gasteiger partial charge in [-0.1, -0.05) is 42.1 Å². The molecule has 1 amide bonds. The molecule has 0 radical (unpaired) electrons. The summed E-state index contributed by atoms with van der Waals surface area (Å²) in [5.41, 5.74) is 1.81. The number of benzene rings is 2. The summed E-state index contributed by atoms with van der Waals surface area (Å²) in [5, 5.41) is 3.39. The van der Waals surface area contributed by atoms with Gasteiger partial charge in [-0.05, 0) is 12.5 Å². The van der Waals surface area contributed by atoms with Crippen LogP contribution in [0.15, 0.2) is 66.1 Å². The van der Waals surface area contributed by atoms with E-state index in [0.717, 1.165) is 5.16 Å². The molecule has 0 saturated heterocycles. The number of ether oxygens (including phenoxy) is 2. The van der Waals surface area contributed by atoms with E-state index in [9.17, 15) is 4.79 Å². The minimum Gasteiger partial charge on any atom is -0.497 e. The third kappa shape index (κ3) is 5.07. The van der Waals surface area contributed by atoms with Crippen LogP contribution < -0.4 is 14.8 Å². The van der Waals surface area contributed by atoms with Crippen LogP contribution in [0.4, 0.5) is 5.69 Å². The van der Waals surface area contributed by atoms with Gasteiger partial charge in [0.05, 0.1) is 19.5 Å². The second kappa shape index (κ2) is 9.32. The van der Waals surface area contributed by atoms with Crippen LogP contribution in [0.5, 0.6) is 11.5 Å². The zero-order chi connectivity index (χ0) is 19.9. The molecule has 0 saturated carbocycles. The number of hydrogen-bond donors (Lipinski definition) is 1. The van der Waals surface area contributed by atoms with Crippen molar-refractivity contribution in [2.45, 2.75) is 23.9 Å². The maximum absolute atomic E-state index is 12.7. The van der Waals surface area contributed by atoms with E-state index in [4.69, 9.17) is 9.47 Å². The highest BCUT2D eigenvalue weighted by molar-refractivity contribution is 8.00. The summed E-state index contributed by atoms with van der Waals surface area (Å²) in [7, 11) is 3.15. The highest BCUT2D eigenvalue weighted by atomic mass is 32.2. The number of aromatic nitrogens is 2. The number of rotatable bonds is 8. The molecule has 2 aromatic carbocycles. The summed E-state index contributed by atoms with van der Waals surface area (Å²) in [5.74, 6) is 1.12. The third-order valence-corrected chi connectivity index (χ3v) is 5.26. The Hall–Kier alpha value is -2.93. The molecule has 0 spiro atoms. The van der Waals surface area contributed by atoms with Crippen molar-refractivity contribution < 1.29 is 14.3 Å². The molecule has 6 nitrogen and oxygen atoms in total. The number of thioether (sulfide) groups is 1. The first-order chi connectivity index (χ1) is 13.6. The average Bonchev–Trinajstić information content (AvgIpc) is 3.14. The van der Waals surface area contributed by atoms with Crippen LogP contribution in [-0.4, -0.2) is 34.9 Å². The number of carbonyl (C=O) groups is 1. The van der Waals surface area contributed by atoms with Gasteiger partial charge in [0, 0.05) is 42.8 Å². The number of nitrogens with one attached hydrogen (secondary N) is 1. The first kappa shape index (κ1) is 19.8. The number of anilines is 1. The van der Waals surface area contributed by atoms with Gasteiger partial charge in [0.2, 0.25) is 5.91 Å². The molecule has 1 unspecified atom stereocenters. The SMILES string of the molecule is COc1cc(NC(=O)C(C)Sc2nccn2Cc2ccccc2)cc(OC)c1. The number of hydrogen-bond acceptors (Lipinski definition) is 5. The first-order valence-corrected chi connectivity index (χ1v) is 9.72. The fourth-order valence-electron chi connectivity index (χ4n) is 2.65. The van der Waals surface area contributed by atoms with Crippen molar-refractivity contribution in [2.24, 2.45) is 0 Å². The summed E-state index contributed by atoms with van der Waals surface area (Å²) in [6.45, 7) is 2.57. The summed E-state index contributed by atoms with van der Waals surface area (Å²) in [6, 6.07) is 15.4. The first-order valence-electron chi connectivity index (χ1n) is 8.84. The van der Waals surface area contributed by atoms with E-state index >= 15 is 0 Å². The molecule has 1 atom stereocenters. The Labute approximate surface area is 168 Å². The van der Waals surface area contributed by atoms with Crippen molar-refractivity contribution in [3.63, 3.8) is 0 Å². The second-order valence-corrected chi connectivity index (χ2v) is 7.48. The molecule has 0 fully saturated rings. The number of nitrogens with zero attached hydrogens (tertiary/aromatic N) is 2. The summed E-state index contributed by atoms with van der Waals surface area (Å²) >= 11 is 1.42. The van der Waals surface area contributed by atoms with Crippen LogP contribution in [0.1, 0.15) is 12.5 Å². The van der Waals surface area contributed by atoms with E-state index in [-0.39, 0.29) is 11.2 Å². The van der Waals surface area contributed by atoms with Crippen LogP contribution in [0.25, 0.3) is 0 Å². The van der Waals surface area contributed by atoms with Gasteiger partial charge in [-0.25, -0.2) is 4.98 Å². The summed E-state index contributed by atoms with van der Waals surface area (Å²) in [4.78, 5) is 17.1. The second-order valence-electron chi connectivity index (χ2n) is 6.17. The predicted octanol–water partition coefficient (Wildman–Crippen LogP) is 4.07. The molecule has 1 heterocycles. The largest absolute Gasteiger partial charge is 0.497 e. The smallest absolute Gasteiger partial charge is 0.237 e. The lowest BCUT2D eigenvalue weighted by Gasteiger charge is -2.14. The molecule has 146 valence electrons. The van der Waals surface area contributed by atoms with Crippen molar-refractivity contribution in [2.75, 3.05) is 19.5 Å². The normalized spacial score (nSPS) is 11.7. The van der Waals surface area contributed by atoms with E-state index in [0.29, 0.717) is 23.7 Å². The molecule has 0 aliphatic heterocycles. The van der Waals surface area contributed by atoms with Gasteiger partial charge in [-0.15, -0.1) is 0 Å². The molecular weight excluding hydrogens is 374 g/mol. The van der Waals surface area contributed by atoms with Gasteiger partial charge in [0.25, 0.3) is 0 Å². The Kier molecular flexibility index (Phi) is 6.60. The Morgan fingerprint density at radius 1 is 1.14 bits per heavy atom. The Morgan fingerprint density at radius 2 is 1.82 bits per heavy atom. The lowest BCUT2D eigenvalue weighted by atomic mass is 10.2. The van der Waals surface area contributed by atoms with E-state index in [1.165, 1.54) is 17.3 Å². The molecule has 0 bridgehead atoms. The number of carbonyl (C=O) groups excluding carboxylic acids is 1. The lowest BCUT2D eigenvalue weighted by molar-refractivity contribution is -0.115. The minimum absolute atomic E-state index is 0.116. The van der Waals surface area contributed by atoms with Gasteiger partial charge in [-0.2, -0.15) is 0 Å². The van der Waals surface area contributed by atoms with Crippen molar-refractivity contribution in [1.29, 1.82) is 0 Å². The third-order valence-electron chi connectivity index (χ3n) is 4.14. The van der Waals surface area contributed by atoms with E-state index in [2.05, 4.69) is 22.4 Å². The van der Waals surface area contributed by atoms with Crippen LogP contribution in [0.2, 0.25) is 0 Å².